The fraction of sp³-hybridized carbons (Fsp3) is 0.133. The molecule has 0 unspecified atom stereocenters. The molecule has 0 saturated heterocycles. The number of methoxy groups -OCH3 is 1. The van der Waals surface area contributed by atoms with Gasteiger partial charge in [-0.2, -0.15) is 5.10 Å². The van der Waals surface area contributed by atoms with Crippen molar-refractivity contribution in [2.75, 3.05) is 11.8 Å². The number of hydrogen-bond donors (Lipinski definition) is 2. The van der Waals surface area contributed by atoms with E-state index in [2.05, 4.69) is 14.9 Å². The van der Waals surface area contributed by atoms with Gasteiger partial charge in [0.15, 0.2) is 0 Å². The highest BCUT2D eigenvalue weighted by molar-refractivity contribution is 7.92. The lowest BCUT2D eigenvalue weighted by Crippen LogP contribution is -2.14. The van der Waals surface area contributed by atoms with Crippen molar-refractivity contribution in [2.24, 2.45) is 0 Å². The lowest BCUT2D eigenvalue weighted by atomic mass is 10.2. The Bertz CT molecular complexity index is 932. The molecule has 1 heterocycles. The number of fused-ring (bicyclic) bond motifs is 1. The van der Waals surface area contributed by atoms with Crippen LogP contribution < -0.4 is 9.46 Å². The van der Waals surface area contributed by atoms with Gasteiger partial charge >= 0.3 is 0 Å². The monoisotopic (exact) mass is 317 g/mol. The number of nitrogens with one attached hydrogen (secondary N) is 2. The van der Waals surface area contributed by atoms with Gasteiger partial charge in [0.25, 0.3) is 10.0 Å². The van der Waals surface area contributed by atoms with Crippen molar-refractivity contribution in [1.82, 2.24) is 10.2 Å². The second-order valence-electron chi connectivity index (χ2n) is 4.91. The Morgan fingerprint density at radius 2 is 2.00 bits per heavy atom. The molecule has 0 amide bonds. The van der Waals surface area contributed by atoms with Crippen molar-refractivity contribution in [3.8, 4) is 5.75 Å². The number of H-pyrrole nitrogens is 1. The third-order valence-electron chi connectivity index (χ3n) is 3.37. The maximum atomic E-state index is 12.5. The number of aryl methyl sites for hydroxylation is 1. The van der Waals surface area contributed by atoms with Crippen LogP contribution in [0.15, 0.2) is 47.5 Å². The Morgan fingerprint density at radius 3 is 2.73 bits per heavy atom. The van der Waals surface area contributed by atoms with Crippen molar-refractivity contribution in [1.29, 1.82) is 0 Å². The first kappa shape index (κ1) is 14.4. The highest BCUT2D eigenvalue weighted by Gasteiger charge is 2.17. The topological polar surface area (TPSA) is 84.1 Å². The predicted octanol–water partition coefficient (Wildman–Crippen LogP) is 2.68. The molecule has 22 heavy (non-hydrogen) atoms. The summed E-state index contributed by atoms with van der Waals surface area (Å²) < 4.78 is 32.7. The average molecular weight is 317 g/mol. The van der Waals surface area contributed by atoms with E-state index in [0.717, 1.165) is 10.9 Å². The molecule has 2 N–H and O–H groups in total. The first-order chi connectivity index (χ1) is 10.5. The average Bonchev–Trinajstić information content (AvgIpc) is 2.93. The van der Waals surface area contributed by atoms with Crippen molar-refractivity contribution in [2.45, 2.75) is 11.8 Å². The summed E-state index contributed by atoms with van der Waals surface area (Å²) in [5.41, 5.74) is 1.87. The van der Waals surface area contributed by atoms with Crippen molar-refractivity contribution < 1.29 is 13.2 Å². The molecule has 2 aromatic carbocycles. The Hall–Kier alpha value is -2.54. The fourth-order valence-corrected chi connectivity index (χ4v) is 3.54. The number of sulfonamides is 1. The number of rotatable bonds is 4. The van der Waals surface area contributed by atoms with E-state index in [1.54, 1.807) is 50.6 Å². The molecule has 0 saturated carbocycles. The Balaban J connectivity index is 1.95. The normalized spacial score (nSPS) is 11.5. The summed E-state index contributed by atoms with van der Waals surface area (Å²) in [5, 5.41) is 7.64. The second-order valence-corrected chi connectivity index (χ2v) is 6.56. The standard InChI is InChI=1S/C15H15N3O3S/c1-10-7-13(21-2)5-6-15(10)22(19,20)18-12-4-3-11-9-16-17-14(11)8-12/h3-9,18H,1-2H3,(H,16,17). The molecule has 0 atom stereocenters. The van der Waals surface area contributed by atoms with Gasteiger partial charge in [-0.05, 0) is 48.9 Å². The number of aromatic nitrogens is 2. The Kier molecular flexibility index (Phi) is 3.50. The minimum Gasteiger partial charge on any atom is -0.497 e. The Morgan fingerprint density at radius 1 is 1.18 bits per heavy atom. The van der Waals surface area contributed by atoms with Crippen LogP contribution in [-0.2, 0) is 10.0 Å². The third kappa shape index (κ3) is 2.62. The van der Waals surface area contributed by atoms with Gasteiger partial charge < -0.3 is 4.74 Å². The van der Waals surface area contributed by atoms with E-state index in [-0.39, 0.29) is 4.90 Å². The number of benzene rings is 2. The van der Waals surface area contributed by atoms with Gasteiger partial charge in [0.1, 0.15) is 5.75 Å². The first-order valence-electron chi connectivity index (χ1n) is 6.60. The Labute approximate surface area is 128 Å². The molecule has 0 radical (unpaired) electrons. The van der Waals surface area contributed by atoms with Gasteiger partial charge in [-0.25, -0.2) is 8.42 Å². The molecule has 0 bridgehead atoms. The number of hydrogen-bond acceptors (Lipinski definition) is 4. The lowest BCUT2D eigenvalue weighted by Gasteiger charge is -2.11. The van der Waals surface area contributed by atoms with Crippen LogP contribution in [0.5, 0.6) is 5.75 Å². The zero-order chi connectivity index (χ0) is 15.7. The molecule has 114 valence electrons. The van der Waals surface area contributed by atoms with Crippen LogP contribution in [0, 0.1) is 6.92 Å². The minimum absolute atomic E-state index is 0.220. The van der Waals surface area contributed by atoms with E-state index in [1.807, 2.05) is 0 Å². The quantitative estimate of drug-likeness (QED) is 0.775. The van der Waals surface area contributed by atoms with Crippen molar-refractivity contribution >= 4 is 26.6 Å². The molecule has 0 fully saturated rings. The molecule has 1 aromatic heterocycles. The van der Waals surface area contributed by atoms with Crippen LogP contribution in [0.3, 0.4) is 0 Å². The molecule has 7 heteroatoms. The molecular formula is C15H15N3O3S. The molecule has 3 rings (SSSR count). The largest absolute Gasteiger partial charge is 0.497 e. The van der Waals surface area contributed by atoms with Crippen LogP contribution in [-0.4, -0.2) is 25.7 Å². The van der Waals surface area contributed by atoms with Crippen LogP contribution in [0.1, 0.15) is 5.56 Å². The fourth-order valence-electron chi connectivity index (χ4n) is 2.26. The molecular weight excluding hydrogens is 302 g/mol. The summed E-state index contributed by atoms with van der Waals surface area (Å²) in [7, 11) is -2.12. The number of aromatic amines is 1. The van der Waals surface area contributed by atoms with Crippen LogP contribution in [0.25, 0.3) is 10.9 Å². The highest BCUT2D eigenvalue weighted by atomic mass is 32.2. The summed E-state index contributed by atoms with van der Waals surface area (Å²) in [4.78, 5) is 0.220. The number of nitrogens with zero attached hydrogens (tertiary/aromatic N) is 1. The van der Waals surface area contributed by atoms with Gasteiger partial charge in [-0.3, -0.25) is 9.82 Å². The predicted molar refractivity (Wildman–Crippen MR) is 84.6 cm³/mol. The van der Waals surface area contributed by atoms with E-state index < -0.39 is 10.0 Å². The molecule has 3 aromatic rings. The van der Waals surface area contributed by atoms with Gasteiger partial charge in [-0.1, -0.05) is 0 Å². The summed E-state index contributed by atoms with van der Waals surface area (Å²) >= 11 is 0. The number of anilines is 1. The first-order valence-corrected chi connectivity index (χ1v) is 8.08. The van der Waals surface area contributed by atoms with E-state index >= 15 is 0 Å². The van der Waals surface area contributed by atoms with Gasteiger partial charge in [0, 0.05) is 5.39 Å². The van der Waals surface area contributed by atoms with Gasteiger partial charge in [-0.15, -0.1) is 0 Å². The maximum Gasteiger partial charge on any atom is 0.262 e. The summed E-state index contributed by atoms with van der Waals surface area (Å²) in [5.74, 6) is 0.621. The molecule has 6 nitrogen and oxygen atoms in total. The smallest absolute Gasteiger partial charge is 0.262 e. The lowest BCUT2D eigenvalue weighted by molar-refractivity contribution is 0.414. The zero-order valence-electron chi connectivity index (χ0n) is 12.1. The minimum atomic E-state index is -3.66. The van der Waals surface area contributed by atoms with Crippen LogP contribution in [0.2, 0.25) is 0 Å². The van der Waals surface area contributed by atoms with Gasteiger partial charge in [0.2, 0.25) is 0 Å². The molecule has 0 aliphatic heterocycles. The second kappa shape index (κ2) is 5.34. The van der Waals surface area contributed by atoms with E-state index in [0.29, 0.717) is 17.0 Å². The molecule has 0 spiro atoms. The summed E-state index contributed by atoms with van der Waals surface area (Å²) in [6, 6.07) is 10.1. The molecule has 0 aliphatic rings. The SMILES string of the molecule is COc1ccc(S(=O)(=O)Nc2ccc3cn[nH]c3c2)c(C)c1. The van der Waals surface area contributed by atoms with Crippen molar-refractivity contribution in [3.05, 3.63) is 48.2 Å². The summed E-state index contributed by atoms with van der Waals surface area (Å²) in [6.07, 6.45) is 1.68. The maximum absolute atomic E-state index is 12.5. The van der Waals surface area contributed by atoms with Crippen molar-refractivity contribution in [3.63, 3.8) is 0 Å². The number of ether oxygens (including phenoxy) is 1. The van der Waals surface area contributed by atoms with Gasteiger partial charge in [0.05, 0.1) is 29.4 Å². The third-order valence-corrected chi connectivity index (χ3v) is 4.91. The van der Waals surface area contributed by atoms with E-state index in [9.17, 15) is 8.42 Å². The van der Waals surface area contributed by atoms with E-state index in [1.165, 1.54) is 6.07 Å². The van der Waals surface area contributed by atoms with Crippen LogP contribution in [0.4, 0.5) is 5.69 Å². The van der Waals surface area contributed by atoms with E-state index in [4.69, 9.17) is 4.74 Å². The molecule has 0 aliphatic carbocycles. The zero-order valence-corrected chi connectivity index (χ0v) is 12.9. The highest BCUT2D eigenvalue weighted by Crippen LogP contribution is 2.24. The van der Waals surface area contributed by atoms with Crippen LogP contribution >= 0.6 is 0 Å². The summed E-state index contributed by atoms with van der Waals surface area (Å²) in [6.45, 7) is 1.73.